The lowest BCUT2D eigenvalue weighted by Crippen LogP contribution is -2.48. The van der Waals surface area contributed by atoms with Crippen molar-refractivity contribution in [1.82, 2.24) is 14.4 Å². The first-order valence-corrected chi connectivity index (χ1v) is 10.0. The van der Waals surface area contributed by atoms with Crippen LogP contribution in [-0.2, 0) is 23.1 Å². The second-order valence-corrected chi connectivity index (χ2v) is 8.53. The molecule has 0 aliphatic carbocycles. The number of amides is 1. The number of fused-ring (bicyclic) bond motifs is 2. The molecule has 0 radical (unpaired) electrons. The Bertz CT molecular complexity index is 877. The van der Waals surface area contributed by atoms with E-state index in [1.807, 2.05) is 11.0 Å². The molecule has 152 valence electrons. The molecule has 2 aromatic rings. The maximum atomic E-state index is 12.0. The van der Waals surface area contributed by atoms with Gasteiger partial charge < -0.3 is 18.9 Å². The fourth-order valence-corrected chi connectivity index (χ4v) is 5.20. The Morgan fingerprint density at radius 2 is 2.11 bits per heavy atom. The lowest BCUT2D eigenvalue weighted by Gasteiger charge is -2.43. The van der Waals surface area contributed by atoms with Gasteiger partial charge in [-0.25, -0.2) is 0 Å². The minimum absolute atomic E-state index is 0.110. The summed E-state index contributed by atoms with van der Waals surface area (Å²) < 4.78 is 13.2. The van der Waals surface area contributed by atoms with Crippen molar-refractivity contribution in [3.8, 4) is 5.75 Å². The summed E-state index contributed by atoms with van der Waals surface area (Å²) in [7, 11) is 5.59. The molecule has 28 heavy (non-hydrogen) atoms. The van der Waals surface area contributed by atoms with Gasteiger partial charge in [0.15, 0.2) is 0 Å². The number of carbonyl (C=O) groups excluding carboxylic acids is 1. The summed E-state index contributed by atoms with van der Waals surface area (Å²) in [6, 6.07) is 6.27. The average Bonchev–Trinajstić information content (AvgIpc) is 3.20. The van der Waals surface area contributed by atoms with Crippen LogP contribution in [-0.4, -0.2) is 67.3 Å². The Labute approximate surface area is 167 Å². The van der Waals surface area contributed by atoms with Crippen LogP contribution in [0.25, 0.3) is 10.9 Å². The first-order valence-electron chi connectivity index (χ1n) is 10.0. The molecular weight excluding hydrogens is 354 g/mol. The highest BCUT2D eigenvalue weighted by Gasteiger charge is 2.50. The van der Waals surface area contributed by atoms with Crippen LogP contribution < -0.4 is 4.74 Å². The van der Waals surface area contributed by atoms with Crippen LogP contribution in [0.4, 0.5) is 0 Å². The van der Waals surface area contributed by atoms with Crippen LogP contribution in [0.3, 0.4) is 0 Å². The number of nitrogens with zero attached hydrogens (tertiary/aromatic N) is 3. The molecule has 2 aliphatic rings. The molecule has 2 fully saturated rings. The van der Waals surface area contributed by atoms with Gasteiger partial charge in [-0.3, -0.25) is 9.69 Å². The van der Waals surface area contributed by atoms with Crippen molar-refractivity contribution >= 4 is 16.8 Å². The number of carbonyl (C=O) groups is 1. The molecule has 0 spiro atoms. The van der Waals surface area contributed by atoms with E-state index in [0.29, 0.717) is 5.92 Å². The molecular formula is C22H31N3O3. The van der Waals surface area contributed by atoms with Crippen LogP contribution in [0.2, 0.25) is 0 Å². The number of ether oxygens (including phenoxy) is 2. The number of benzene rings is 1. The van der Waals surface area contributed by atoms with Gasteiger partial charge >= 0.3 is 0 Å². The molecule has 0 N–H and O–H groups in total. The molecule has 0 saturated carbocycles. The van der Waals surface area contributed by atoms with Crippen LogP contribution in [0.15, 0.2) is 24.4 Å². The van der Waals surface area contributed by atoms with E-state index in [0.717, 1.165) is 51.5 Å². The zero-order chi connectivity index (χ0) is 19.9. The number of aromatic nitrogens is 1. The van der Waals surface area contributed by atoms with Crippen LogP contribution in [0.5, 0.6) is 5.75 Å². The largest absolute Gasteiger partial charge is 0.497 e. The van der Waals surface area contributed by atoms with E-state index in [1.165, 1.54) is 16.5 Å². The van der Waals surface area contributed by atoms with Gasteiger partial charge in [0.25, 0.3) is 0 Å². The second kappa shape index (κ2) is 7.41. The van der Waals surface area contributed by atoms with Crippen molar-refractivity contribution < 1.29 is 14.3 Å². The quantitative estimate of drug-likeness (QED) is 0.794. The lowest BCUT2D eigenvalue weighted by atomic mass is 9.73. The number of piperidine rings is 1. The van der Waals surface area contributed by atoms with Crippen molar-refractivity contribution in [3.05, 3.63) is 30.0 Å². The molecule has 1 aromatic heterocycles. The molecule has 2 saturated heterocycles. The van der Waals surface area contributed by atoms with Crippen molar-refractivity contribution in [2.24, 2.45) is 18.4 Å². The summed E-state index contributed by atoms with van der Waals surface area (Å²) in [5, 5.41) is 1.26. The third-order valence-corrected chi connectivity index (χ3v) is 6.77. The van der Waals surface area contributed by atoms with E-state index in [4.69, 9.17) is 9.47 Å². The van der Waals surface area contributed by atoms with E-state index in [9.17, 15) is 4.79 Å². The Morgan fingerprint density at radius 1 is 1.29 bits per heavy atom. The van der Waals surface area contributed by atoms with Crippen LogP contribution in [0.1, 0.15) is 18.9 Å². The van der Waals surface area contributed by atoms with E-state index in [1.54, 1.807) is 21.1 Å². The van der Waals surface area contributed by atoms with Crippen LogP contribution >= 0.6 is 0 Å². The summed E-state index contributed by atoms with van der Waals surface area (Å²) in [5.74, 6) is 1.54. The molecule has 6 nitrogen and oxygen atoms in total. The summed E-state index contributed by atoms with van der Waals surface area (Å²) in [4.78, 5) is 16.5. The van der Waals surface area contributed by atoms with Gasteiger partial charge in [0, 0.05) is 69.8 Å². The Morgan fingerprint density at radius 3 is 2.82 bits per heavy atom. The second-order valence-electron chi connectivity index (χ2n) is 8.53. The van der Waals surface area contributed by atoms with Gasteiger partial charge in [-0.1, -0.05) is 0 Å². The summed E-state index contributed by atoms with van der Waals surface area (Å²) in [6.07, 6.45) is 3.31. The fourth-order valence-electron chi connectivity index (χ4n) is 5.20. The molecule has 3 heterocycles. The number of rotatable bonds is 5. The third-order valence-electron chi connectivity index (χ3n) is 6.77. The van der Waals surface area contributed by atoms with E-state index in [2.05, 4.69) is 34.8 Å². The normalized spacial score (nSPS) is 25.3. The highest BCUT2D eigenvalue weighted by Crippen LogP contribution is 2.43. The fraction of sp³-hybridized carbons (Fsp3) is 0.591. The van der Waals surface area contributed by atoms with Crippen molar-refractivity contribution in [2.45, 2.75) is 19.9 Å². The predicted octanol–water partition coefficient (Wildman–Crippen LogP) is 2.50. The third kappa shape index (κ3) is 3.29. The van der Waals surface area contributed by atoms with Gasteiger partial charge in [0.1, 0.15) is 5.75 Å². The molecule has 0 bridgehead atoms. The minimum Gasteiger partial charge on any atom is -0.497 e. The Kier molecular flexibility index (Phi) is 5.10. The van der Waals surface area contributed by atoms with Gasteiger partial charge in [-0.2, -0.15) is 0 Å². The lowest BCUT2D eigenvalue weighted by molar-refractivity contribution is -0.128. The highest BCUT2D eigenvalue weighted by molar-refractivity contribution is 5.85. The van der Waals surface area contributed by atoms with Crippen molar-refractivity contribution in [2.75, 3.05) is 47.0 Å². The Hall–Kier alpha value is -2.05. The number of hydrogen-bond acceptors (Lipinski definition) is 4. The molecule has 2 aliphatic heterocycles. The standard InChI is InChI=1S/C22H31N3O3/c1-16(26)25-13-18-12-24(8-7-22(18,14-25)15-27-3)11-17-10-23(2)21-6-5-19(28-4)9-20(17)21/h5-6,9-10,18H,7-8,11-15H2,1-4H3/t18-,22+/m1/s1. The maximum absolute atomic E-state index is 12.0. The van der Waals surface area contributed by atoms with Gasteiger partial charge in [0.2, 0.25) is 5.91 Å². The monoisotopic (exact) mass is 385 g/mol. The first-order chi connectivity index (χ1) is 13.5. The van der Waals surface area contributed by atoms with Gasteiger partial charge in [-0.05, 0) is 42.6 Å². The zero-order valence-corrected chi connectivity index (χ0v) is 17.4. The molecule has 1 aromatic carbocycles. The number of hydrogen-bond donors (Lipinski definition) is 0. The molecule has 1 amide bonds. The van der Waals surface area contributed by atoms with E-state index < -0.39 is 0 Å². The van der Waals surface area contributed by atoms with Crippen molar-refractivity contribution in [3.63, 3.8) is 0 Å². The van der Waals surface area contributed by atoms with Crippen LogP contribution in [0, 0.1) is 11.3 Å². The number of likely N-dealkylation sites (tertiary alicyclic amines) is 2. The van der Waals surface area contributed by atoms with Gasteiger partial charge in [-0.15, -0.1) is 0 Å². The minimum atomic E-state index is 0.110. The SMILES string of the molecule is COC[C@@]12CCN(Cc3cn(C)c4ccc(OC)cc34)C[C@@H]1CN(C(C)=O)C2. The predicted molar refractivity (Wildman–Crippen MR) is 109 cm³/mol. The first kappa shape index (κ1) is 19.3. The molecule has 0 unspecified atom stereocenters. The summed E-state index contributed by atoms with van der Waals surface area (Å²) in [5.41, 5.74) is 2.67. The zero-order valence-electron chi connectivity index (χ0n) is 17.4. The summed E-state index contributed by atoms with van der Waals surface area (Å²) in [6.45, 7) is 7.06. The average molecular weight is 386 g/mol. The smallest absolute Gasteiger partial charge is 0.219 e. The van der Waals surface area contributed by atoms with E-state index >= 15 is 0 Å². The number of aryl methyl sites for hydroxylation is 1. The number of methoxy groups -OCH3 is 2. The van der Waals surface area contributed by atoms with Gasteiger partial charge in [0.05, 0.1) is 13.7 Å². The molecule has 6 heteroatoms. The summed E-state index contributed by atoms with van der Waals surface area (Å²) >= 11 is 0. The van der Waals surface area contributed by atoms with Crippen molar-refractivity contribution in [1.29, 1.82) is 0 Å². The molecule has 4 rings (SSSR count). The maximum Gasteiger partial charge on any atom is 0.219 e. The Balaban J connectivity index is 1.55. The highest BCUT2D eigenvalue weighted by atomic mass is 16.5. The van der Waals surface area contributed by atoms with E-state index in [-0.39, 0.29) is 11.3 Å². The topological polar surface area (TPSA) is 46.9 Å². The molecule has 2 atom stereocenters.